The molecule has 1 aromatic heterocycles. The predicted molar refractivity (Wildman–Crippen MR) is 57.7 cm³/mol. The third-order valence-electron chi connectivity index (χ3n) is 2.79. The van der Waals surface area contributed by atoms with Crippen LogP contribution in [0.3, 0.4) is 0 Å². The maximum Gasteiger partial charge on any atom is 0.443 e. The molecule has 0 aromatic carbocycles. The topological polar surface area (TPSA) is 45.2 Å². The second-order valence-electron chi connectivity index (χ2n) is 4.07. The Kier molecular flexibility index (Phi) is 3.70. The second kappa shape index (κ2) is 4.91. The Bertz CT molecular complexity index is 374. The zero-order valence-electron chi connectivity index (χ0n) is 9.00. The van der Waals surface area contributed by atoms with E-state index in [1.165, 1.54) is 0 Å². The van der Waals surface area contributed by atoms with Gasteiger partial charge in [0.1, 0.15) is 6.10 Å². The Morgan fingerprint density at radius 3 is 2.76 bits per heavy atom. The molecule has 2 heterocycles. The number of nitrogens with one attached hydrogen (secondary N) is 1. The Hall–Kier alpha value is -0.660. The largest absolute Gasteiger partial charge is 0.443 e. The molecule has 0 amide bonds. The van der Waals surface area contributed by atoms with Crippen molar-refractivity contribution in [3.63, 3.8) is 0 Å². The first-order valence-electron chi connectivity index (χ1n) is 5.43. The maximum absolute atomic E-state index is 12.4. The summed E-state index contributed by atoms with van der Waals surface area (Å²) < 4.78 is 37.1. The number of rotatable bonds is 2. The number of aliphatic hydroxyl groups excluding tert-OH is 1. The highest BCUT2D eigenvalue weighted by molar-refractivity contribution is 7.11. The Balaban J connectivity index is 2.08. The van der Waals surface area contributed by atoms with Gasteiger partial charge in [0.25, 0.3) is 0 Å². The molecule has 96 valence electrons. The summed E-state index contributed by atoms with van der Waals surface area (Å²) in [6.45, 7) is 0.798. The Morgan fingerprint density at radius 1 is 1.47 bits per heavy atom. The van der Waals surface area contributed by atoms with E-state index >= 15 is 0 Å². The summed E-state index contributed by atoms with van der Waals surface area (Å²) in [5.74, 6) is 0. The van der Waals surface area contributed by atoms with E-state index in [0.29, 0.717) is 11.3 Å². The molecule has 7 heteroatoms. The lowest BCUT2D eigenvalue weighted by Gasteiger charge is -2.27. The van der Waals surface area contributed by atoms with Crippen molar-refractivity contribution in [2.75, 3.05) is 6.54 Å². The highest BCUT2D eigenvalue weighted by Gasteiger charge is 2.36. The van der Waals surface area contributed by atoms with E-state index in [2.05, 4.69) is 10.3 Å². The first-order chi connectivity index (χ1) is 7.98. The molecule has 0 aliphatic carbocycles. The van der Waals surface area contributed by atoms with Crippen LogP contribution in [0.4, 0.5) is 13.2 Å². The minimum absolute atomic E-state index is 0.162. The molecule has 2 N–H and O–H groups in total. The van der Waals surface area contributed by atoms with Gasteiger partial charge in [0.2, 0.25) is 0 Å². The van der Waals surface area contributed by atoms with E-state index in [0.717, 1.165) is 32.0 Å². The highest BCUT2D eigenvalue weighted by atomic mass is 32.1. The van der Waals surface area contributed by atoms with Gasteiger partial charge in [-0.25, -0.2) is 4.98 Å². The number of piperidine rings is 1. The Labute approximate surface area is 101 Å². The number of aromatic nitrogens is 1. The molecule has 1 saturated heterocycles. The van der Waals surface area contributed by atoms with Gasteiger partial charge in [-0.05, 0) is 19.4 Å². The van der Waals surface area contributed by atoms with Crippen LogP contribution >= 0.6 is 11.3 Å². The van der Waals surface area contributed by atoms with E-state index in [1.54, 1.807) is 0 Å². The lowest BCUT2D eigenvalue weighted by Crippen LogP contribution is -2.38. The van der Waals surface area contributed by atoms with Gasteiger partial charge < -0.3 is 10.4 Å². The molecular weight excluding hydrogens is 253 g/mol. The van der Waals surface area contributed by atoms with Crippen molar-refractivity contribution >= 4 is 11.3 Å². The number of aliphatic hydroxyl groups is 1. The third kappa shape index (κ3) is 2.97. The van der Waals surface area contributed by atoms with Crippen LogP contribution in [0.2, 0.25) is 0 Å². The van der Waals surface area contributed by atoms with E-state index in [1.807, 2.05) is 0 Å². The summed E-state index contributed by atoms with van der Waals surface area (Å²) in [5, 5.41) is 12.2. The summed E-state index contributed by atoms with van der Waals surface area (Å²) >= 11 is 0.515. The third-order valence-corrected chi connectivity index (χ3v) is 3.90. The molecule has 1 aliphatic rings. The van der Waals surface area contributed by atoms with Gasteiger partial charge in [-0.1, -0.05) is 6.42 Å². The monoisotopic (exact) mass is 266 g/mol. The van der Waals surface area contributed by atoms with E-state index in [9.17, 15) is 18.3 Å². The zero-order valence-corrected chi connectivity index (χ0v) is 9.81. The van der Waals surface area contributed by atoms with Crippen LogP contribution in [0.25, 0.3) is 0 Å². The summed E-state index contributed by atoms with van der Waals surface area (Å²) in [7, 11) is 0. The van der Waals surface area contributed by atoms with Crippen LogP contribution < -0.4 is 5.32 Å². The van der Waals surface area contributed by atoms with Gasteiger partial charge in [-0.2, -0.15) is 13.2 Å². The molecule has 17 heavy (non-hydrogen) atoms. The molecular formula is C10H13F3N2OS. The quantitative estimate of drug-likeness (QED) is 0.863. The smallest absolute Gasteiger partial charge is 0.386 e. The molecule has 0 saturated carbocycles. The maximum atomic E-state index is 12.4. The predicted octanol–water partition coefficient (Wildman–Crippen LogP) is 2.34. The molecule has 2 unspecified atom stereocenters. The minimum Gasteiger partial charge on any atom is -0.386 e. The molecule has 2 rings (SSSR count). The van der Waals surface area contributed by atoms with Crippen LogP contribution in [0.1, 0.15) is 35.3 Å². The van der Waals surface area contributed by atoms with Crippen molar-refractivity contribution in [1.82, 2.24) is 10.3 Å². The van der Waals surface area contributed by atoms with Crippen LogP contribution in [0.5, 0.6) is 0 Å². The minimum atomic E-state index is -4.43. The summed E-state index contributed by atoms with van der Waals surface area (Å²) in [4.78, 5) is 3.58. The first kappa shape index (κ1) is 12.8. The van der Waals surface area contributed by atoms with Gasteiger partial charge in [0, 0.05) is 12.2 Å². The Morgan fingerprint density at radius 2 is 2.24 bits per heavy atom. The molecule has 0 radical (unpaired) electrons. The molecule has 2 atom stereocenters. The van der Waals surface area contributed by atoms with Crippen molar-refractivity contribution in [3.8, 4) is 0 Å². The van der Waals surface area contributed by atoms with Gasteiger partial charge >= 0.3 is 6.18 Å². The lowest BCUT2D eigenvalue weighted by atomic mass is 9.99. The number of hydrogen-bond acceptors (Lipinski definition) is 4. The molecule has 0 bridgehead atoms. The zero-order chi connectivity index (χ0) is 12.5. The van der Waals surface area contributed by atoms with Crippen molar-refractivity contribution < 1.29 is 18.3 Å². The van der Waals surface area contributed by atoms with Gasteiger partial charge in [0.05, 0.1) is 4.88 Å². The fourth-order valence-corrected chi connectivity index (χ4v) is 2.74. The van der Waals surface area contributed by atoms with Crippen molar-refractivity contribution in [2.24, 2.45) is 0 Å². The first-order valence-corrected chi connectivity index (χ1v) is 6.24. The summed E-state index contributed by atoms with van der Waals surface area (Å²) in [5.41, 5.74) is 0. The molecule has 0 spiro atoms. The second-order valence-corrected chi connectivity index (χ2v) is 5.13. The molecule has 3 nitrogen and oxygen atoms in total. The van der Waals surface area contributed by atoms with Crippen LogP contribution in [0, 0.1) is 0 Å². The number of halogens is 3. The number of thiazole rings is 1. The normalized spacial score (nSPS) is 23.6. The number of hydrogen-bond donors (Lipinski definition) is 2. The van der Waals surface area contributed by atoms with Crippen molar-refractivity contribution in [2.45, 2.75) is 37.6 Å². The summed E-state index contributed by atoms with van der Waals surface area (Å²) in [6, 6.07) is -0.162. The van der Waals surface area contributed by atoms with E-state index in [-0.39, 0.29) is 10.9 Å². The van der Waals surface area contributed by atoms with Gasteiger partial charge in [-0.3, -0.25) is 0 Å². The molecule has 1 aromatic rings. The average molecular weight is 266 g/mol. The number of alkyl halides is 3. The molecule has 1 aliphatic heterocycles. The van der Waals surface area contributed by atoms with Crippen LogP contribution in [-0.4, -0.2) is 22.7 Å². The SMILES string of the molecule is OC(c1cnc(C(F)(F)F)s1)C1CCCCN1. The van der Waals surface area contributed by atoms with Crippen LogP contribution in [-0.2, 0) is 6.18 Å². The lowest BCUT2D eigenvalue weighted by molar-refractivity contribution is -0.137. The summed E-state index contributed by atoms with van der Waals surface area (Å²) in [6.07, 6.45) is -1.40. The van der Waals surface area contributed by atoms with Crippen LogP contribution in [0.15, 0.2) is 6.20 Å². The van der Waals surface area contributed by atoms with Crippen molar-refractivity contribution in [3.05, 3.63) is 16.1 Å². The standard InChI is InChI=1S/C10H13F3N2OS/c11-10(12,13)9-15-5-7(17-9)8(16)6-3-1-2-4-14-6/h5-6,8,14,16H,1-4H2. The van der Waals surface area contributed by atoms with E-state index < -0.39 is 17.3 Å². The number of nitrogens with zero attached hydrogens (tertiary/aromatic N) is 1. The van der Waals surface area contributed by atoms with Gasteiger partial charge in [-0.15, -0.1) is 11.3 Å². The fraction of sp³-hybridized carbons (Fsp3) is 0.700. The fourth-order valence-electron chi connectivity index (χ4n) is 1.90. The average Bonchev–Trinajstić information content (AvgIpc) is 2.78. The highest BCUT2D eigenvalue weighted by Crippen LogP contribution is 2.35. The van der Waals surface area contributed by atoms with Crippen molar-refractivity contribution in [1.29, 1.82) is 0 Å². The molecule has 1 fully saturated rings. The van der Waals surface area contributed by atoms with Gasteiger partial charge in [0.15, 0.2) is 5.01 Å². The van der Waals surface area contributed by atoms with E-state index in [4.69, 9.17) is 0 Å².